The highest BCUT2D eigenvalue weighted by atomic mass is 79.9. The van der Waals surface area contributed by atoms with Crippen molar-refractivity contribution in [1.82, 2.24) is 0 Å². The SMILES string of the molecule is CC(C)Oc1ccc(CNc2ccc(C#N)cc2Br)cc1. The van der Waals surface area contributed by atoms with E-state index < -0.39 is 0 Å². The Kier molecular flexibility index (Phi) is 5.24. The van der Waals surface area contributed by atoms with Crippen molar-refractivity contribution in [2.75, 3.05) is 5.32 Å². The number of nitrogens with one attached hydrogen (secondary N) is 1. The molecule has 0 aromatic heterocycles. The minimum atomic E-state index is 0.184. The second-order valence-corrected chi connectivity index (χ2v) is 5.82. The third-order valence-electron chi connectivity index (χ3n) is 2.88. The van der Waals surface area contributed by atoms with Gasteiger partial charge >= 0.3 is 0 Å². The summed E-state index contributed by atoms with van der Waals surface area (Å²) in [6.07, 6.45) is 0.184. The zero-order valence-electron chi connectivity index (χ0n) is 12.1. The summed E-state index contributed by atoms with van der Waals surface area (Å²) in [6.45, 7) is 4.74. The Bertz CT molecular complexity index is 645. The number of ether oxygens (including phenoxy) is 1. The molecule has 1 N–H and O–H groups in total. The molecule has 3 nitrogen and oxygen atoms in total. The minimum absolute atomic E-state index is 0.184. The van der Waals surface area contributed by atoms with Gasteiger partial charge in [0, 0.05) is 16.7 Å². The highest BCUT2D eigenvalue weighted by Crippen LogP contribution is 2.24. The molecular formula is C17H17BrN2O. The molecule has 4 heteroatoms. The number of nitriles is 1. The molecule has 108 valence electrons. The Hall–Kier alpha value is -1.99. The van der Waals surface area contributed by atoms with Crippen LogP contribution in [0.2, 0.25) is 0 Å². The lowest BCUT2D eigenvalue weighted by atomic mass is 10.2. The molecule has 0 saturated heterocycles. The molecule has 0 fully saturated rings. The molecule has 2 aromatic rings. The maximum Gasteiger partial charge on any atom is 0.119 e. The highest BCUT2D eigenvalue weighted by Gasteiger charge is 2.02. The lowest BCUT2D eigenvalue weighted by Gasteiger charge is -2.11. The van der Waals surface area contributed by atoms with Gasteiger partial charge in [0.05, 0.1) is 17.7 Å². The molecule has 0 heterocycles. The third kappa shape index (κ3) is 4.51. The zero-order chi connectivity index (χ0) is 15.2. The topological polar surface area (TPSA) is 45.0 Å². The molecule has 2 rings (SSSR count). The van der Waals surface area contributed by atoms with Crippen LogP contribution < -0.4 is 10.1 Å². The maximum atomic E-state index is 8.85. The van der Waals surface area contributed by atoms with Crippen LogP contribution in [0.25, 0.3) is 0 Å². The van der Waals surface area contributed by atoms with Crippen LogP contribution in [0.15, 0.2) is 46.9 Å². The third-order valence-corrected chi connectivity index (χ3v) is 3.53. The van der Waals surface area contributed by atoms with Gasteiger partial charge in [0.15, 0.2) is 0 Å². The van der Waals surface area contributed by atoms with Gasteiger partial charge in [-0.2, -0.15) is 5.26 Å². The number of hydrogen-bond donors (Lipinski definition) is 1. The number of nitrogens with zero attached hydrogens (tertiary/aromatic N) is 1. The number of rotatable bonds is 5. The van der Waals surface area contributed by atoms with Gasteiger partial charge in [-0.15, -0.1) is 0 Å². The van der Waals surface area contributed by atoms with Crippen molar-refractivity contribution in [3.8, 4) is 11.8 Å². The van der Waals surface area contributed by atoms with Gasteiger partial charge in [-0.05, 0) is 65.7 Å². The highest BCUT2D eigenvalue weighted by molar-refractivity contribution is 9.10. The van der Waals surface area contributed by atoms with Crippen LogP contribution in [0, 0.1) is 11.3 Å². The first-order valence-corrected chi connectivity index (χ1v) is 7.57. The normalized spacial score (nSPS) is 10.2. The van der Waals surface area contributed by atoms with E-state index in [1.807, 2.05) is 50.2 Å². The summed E-state index contributed by atoms with van der Waals surface area (Å²) in [5, 5.41) is 12.2. The standard InChI is InChI=1S/C17H17BrN2O/c1-12(2)21-15-6-3-13(4-7-15)11-20-17-8-5-14(10-19)9-16(17)18/h3-9,12,20H,11H2,1-2H3. The van der Waals surface area contributed by atoms with E-state index in [9.17, 15) is 0 Å². The number of hydrogen-bond acceptors (Lipinski definition) is 3. The van der Waals surface area contributed by atoms with Crippen LogP contribution in [-0.2, 0) is 6.54 Å². The summed E-state index contributed by atoms with van der Waals surface area (Å²) in [7, 11) is 0. The molecule has 0 aliphatic rings. The predicted octanol–water partition coefficient (Wildman–Crippen LogP) is 4.72. The summed E-state index contributed by atoms with van der Waals surface area (Å²) < 4.78 is 6.51. The van der Waals surface area contributed by atoms with Crippen LogP contribution in [0.3, 0.4) is 0 Å². The Balaban J connectivity index is 1.98. The summed E-state index contributed by atoms with van der Waals surface area (Å²) in [6, 6.07) is 15.7. The average molecular weight is 345 g/mol. The van der Waals surface area contributed by atoms with Gasteiger partial charge < -0.3 is 10.1 Å². The van der Waals surface area contributed by atoms with Crippen molar-refractivity contribution in [3.63, 3.8) is 0 Å². The van der Waals surface area contributed by atoms with E-state index in [4.69, 9.17) is 10.00 Å². The maximum absolute atomic E-state index is 8.85. The zero-order valence-corrected chi connectivity index (χ0v) is 13.6. The Labute approximate surface area is 133 Å². The summed E-state index contributed by atoms with van der Waals surface area (Å²) in [5.41, 5.74) is 2.78. The van der Waals surface area contributed by atoms with E-state index in [0.29, 0.717) is 12.1 Å². The van der Waals surface area contributed by atoms with Crippen LogP contribution in [0.4, 0.5) is 5.69 Å². The molecule has 0 bridgehead atoms. The number of anilines is 1. The van der Waals surface area contributed by atoms with E-state index in [1.54, 1.807) is 6.07 Å². The van der Waals surface area contributed by atoms with E-state index in [-0.39, 0.29) is 6.10 Å². The van der Waals surface area contributed by atoms with E-state index in [0.717, 1.165) is 15.9 Å². The molecule has 0 saturated carbocycles. The first-order chi connectivity index (χ1) is 10.1. The molecule has 0 unspecified atom stereocenters. The van der Waals surface area contributed by atoms with Gasteiger partial charge in [-0.25, -0.2) is 0 Å². The van der Waals surface area contributed by atoms with E-state index in [2.05, 4.69) is 27.3 Å². The average Bonchev–Trinajstić information content (AvgIpc) is 2.47. The van der Waals surface area contributed by atoms with Gasteiger partial charge in [0.25, 0.3) is 0 Å². The fraction of sp³-hybridized carbons (Fsp3) is 0.235. The van der Waals surface area contributed by atoms with Crippen LogP contribution in [-0.4, -0.2) is 6.10 Å². The molecule has 0 spiro atoms. The molecule has 0 atom stereocenters. The van der Waals surface area contributed by atoms with Gasteiger partial charge in [0.1, 0.15) is 5.75 Å². The fourth-order valence-corrected chi connectivity index (χ4v) is 2.40. The van der Waals surface area contributed by atoms with Crippen LogP contribution in [0.5, 0.6) is 5.75 Å². The van der Waals surface area contributed by atoms with Crippen LogP contribution in [0.1, 0.15) is 25.0 Å². The molecule has 21 heavy (non-hydrogen) atoms. The van der Waals surface area contributed by atoms with Crippen molar-refractivity contribution in [2.24, 2.45) is 0 Å². The minimum Gasteiger partial charge on any atom is -0.491 e. The second-order valence-electron chi connectivity index (χ2n) is 4.97. The van der Waals surface area contributed by atoms with Crippen molar-refractivity contribution in [1.29, 1.82) is 5.26 Å². The van der Waals surface area contributed by atoms with Gasteiger partial charge in [-0.3, -0.25) is 0 Å². The summed E-state index contributed by atoms with van der Waals surface area (Å²) in [5.74, 6) is 0.883. The van der Waals surface area contributed by atoms with E-state index >= 15 is 0 Å². The second kappa shape index (κ2) is 7.14. The van der Waals surface area contributed by atoms with Crippen molar-refractivity contribution < 1.29 is 4.74 Å². The summed E-state index contributed by atoms with van der Waals surface area (Å²) >= 11 is 3.47. The fourth-order valence-electron chi connectivity index (χ4n) is 1.88. The Morgan fingerprint density at radius 1 is 1.19 bits per heavy atom. The lowest BCUT2D eigenvalue weighted by Crippen LogP contribution is -2.05. The van der Waals surface area contributed by atoms with Crippen molar-refractivity contribution in [3.05, 3.63) is 58.1 Å². The molecule has 0 amide bonds. The first-order valence-electron chi connectivity index (χ1n) is 6.77. The van der Waals surface area contributed by atoms with Gasteiger partial charge in [-0.1, -0.05) is 12.1 Å². The van der Waals surface area contributed by atoms with E-state index in [1.165, 1.54) is 5.56 Å². The largest absolute Gasteiger partial charge is 0.491 e. The van der Waals surface area contributed by atoms with Gasteiger partial charge in [0.2, 0.25) is 0 Å². The van der Waals surface area contributed by atoms with Crippen molar-refractivity contribution >= 4 is 21.6 Å². The Morgan fingerprint density at radius 3 is 2.48 bits per heavy atom. The molecule has 0 aliphatic heterocycles. The van der Waals surface area contributed by atoms with Crippen LogP contribution >= 0.6 is 15.9 Å². The molecular weight excluding hydrogens is 328 g/mol. The number of halogens is 1. The quantitative estimate of drug-likeness (QED) is 0.853. The lowest BCUT2D eigenvalue weighted by molar-refractivity contribution is 0.242. The molecule has 0 radical (unpaired) electrons. The first kappa shape index (κ1) is 15.4. The Morgan fingerprint density at radius 2 is 1.90 bits per heavy atom. The smallest absolute Gasteiger partial charge is 0.119 e. The predicted molar refractivity (Wildman–Crippen MR) is 88.4 cm³/mol. The number of benzene rings is 2. The molecule has 2 aromatic carbocycles. The molecule has 0 aliphatic carbocycles. The van der Waals surface area contributed by atoms with Crippen molar-refractivity contribution in [2.45, 2.75) is 26.5 Å². The summed E-state index contributed by atoms with van der Waals surface area (Å²) in [4.78, 5) is 0. The monoisotopic (exact) mass is 344 g/mol.